The summed E-state index contributed by atoms with van der Waals surface area (Å²) in [5.74, 6) is -2.66. The summed E-state index contributed by atoms with van der Waals surface area (Å²) in [6, 6.07) is 8.37. The molecule has 2 aromatic carbocycles. The molecule has 1 amide bonds. The van der Waals surface area contributed by atoms with E-state index in [-0.39, 0.29) is 48.1 Å². The molecule has 0 bridgehead atoms. The van der Waals surface area contributed by atoms with Crippen LogP contribution in [0.25, 0.3) is 0 Å². The van der Waals surface area contributed by atoms with Crippen molar-refractivity contribution in [3.05, 3.63) is 64.7 Å². The number of hydrogen-bond acceptors (Lipinski definition) is 5. The molecule has 3 rings (SSSR count). The molecule has 1 aliphatic carbocycles. The number of methoxy groups -OCH3 is 1. The quantitative estimate of drug-likeness (QED) is 0.578. The number of amides is 1. The summed E-state index contributed by atoms with van der Waals surface area (Å²) in [7, 11) is -2.93. The highest BCUT2D eigenvalue weighted by atomic mass is 35.5. The SMILES string of the molecule is COC(=O)CNC(=O)CC1CCC(c2cc(F)ccc2F)(S(=O)(=O)c2ccc(Cl)cc2)CC1. The maximum atomic E-state index is 14.9. The Kier molecular flexibility index (Phi) is 7.74. The number of hydrogen-bond donors (Lipinski definition) is 1. The van der Waals surface area contributed by atoms with Crippen LogP contribution < -0.4 is 5.32 Å². The molecule has 0 aromatic heterocycles. The molecule has 0 unspecified atom stereocenters. The van der Waals surface area contributed by atoms with Crippen LogP contribution in [0.3, 0.4) is 0 Å². The van der Waals surface area contributed by atoms with E-state index in [1.165, 1.54) is 31.4 Å². The fourth-order valence-corrected chi connectivity index (χ4v) is 6.58. The van der Waals surface area contributed by atoms with Gasteiger partial charge in [0, 0.05) is 17.0 Å². The Hall–Kier alpha value is -2.52. The van der Waals surface area contributed by atoms with Crippen molar-refractivity contribution in [2.75, 3.05) is 13.7 Å². The number of nitrogens with one attached hydrogen (secondary N) is 1. The van der Waals surface area contributed by atoms with Gasteiger partial charge < -0.3 is 10.1 Å². The predicted molar refractivity (Wildman–Crippen MR) is 118 cm³/mol. The fraction of sp³-hybridized carbons (Fsp3) is 0.391. The van der Waals surface area contributed by atoms with Crippen LogP contribution in [0, 0.1) is 17.6 Å². The van der Waals surface area contributed by atoms with Gasteiger partial charge in [0.1, 0.15) is 22.9 Å². The van der Waals surface area contributed by atoms with Gasteiger partial charge in [-0.3, -0.25) is 9.59 Å². The average molecular weight is 500 g/mol. The Labute approximate surface area is 196 Å². The van der Waals surface area contributed by atoms with Gasteiger partial charge in [-0.1, -0.05) is 11.6 Å². The topological polar surface area (TPSA) is 89.5 Å². The zero-order valence-electron chi connectivity index (χ0n) is 17.9. The molecule has 0 saturated heterocycles. The maximum absolute atomic E-state index is 14.9. The minimum Gasteiger partial charge on any atom is -0.468 e. The first-order valence-electron chi connectivity index (χ1n) is 10.4. The normalized spacial score (nSPS) is 20.8. The zero-order valence-corrected chi connectivity index (χ0v) is 19.5. The summed E-state index contributed by atoms with van der Waals surface area (Å²) >= 11 is 5.90. The number of halogens is 3. The van der Waals surface area contributed by atoms with Crippen LogP contribution in [0.5, 0.6) is 0 Å². The number of sulfone groups is 1. The highest BCUT2D eigenvalue weighted by molar-refractivity contribution is 7.92. The second kappa shape index (κ2) is 10.2. The highest BCUT2D eigenvalue weighted by Gasteiger charge is 2.50. The Balaban J connectivity index is 1.90. The van der Waals surface area contributed by atoms with Gasteiger partial charge in [-0.15, -0.1) is 0 Å². The van der Waals surface area contributed by atoms with E-state index in [2.05, 4.69) is 10.1 Å². The van der Waals surface area contributed by atoms with E-state index < -0.39 is 32.2 Å². The first kappa shape index (κ1) is 25.1. The van der Waals surface area contributed by atoms with Gasteiger partial charge in [-0.25, -0.2) is 17.2 Å². The molecule has 2 aromatic rings. The van der Waals surface area contributed by atoms with Crippen LogP contribution in [0.2, 0.25) is 5.02 Å². The van der Waals surface area contributed by atoms with Crippen molar-refractivity contribution in [3.8, 4) is 0 Å². The van der Waals surface area contributed by atoms with Crippen molar-refractivity contribution >= 4 is 33.3 Å². The van der Waals surface area contributed by atoms with Gasteiger partial charge in [-0.05, 0) is 74.1 Å². The lowest BCUT2D eigenvalue weighted by Crippen LogP contribution is -2.41. The van der Waals surface area contributed by atoms with E-state index in [0.29, 0.717) is 17.9 Å². The lowest BCUT2D eigenvalue weighted by molar-refractivity contribution is -0.141. The highest BCUT2D eigenvalue weighted by Crippen LogP contribution is 2.49. The molecular formula is C23H24ClF2NO5S. The van der Waals surface area contributed by atoms with Crippen molar-refractivity contribution < 1.29 is 31.5 Å². The van der Waals surface area contributed by atoms with Crippen LogP contribution in [-0.4, -0.2) is 33.9 Å². The van der Waals surface area contributed by atoms with E-state index in [1.54, 1.807) is 0 Å². The molecule has 10 heteroatoms. The molecule has 1 fully saturated rings. The summed E-state index contributed by atoms with van der Waals surface area (Å²) in [5, 5.41) is 2.81. The third kappa shape index (κ3) is 5.35. The zero-order chi connectivity index (χ0) is 24.2. The van der Waals surface area contributed by atoms with Gasteiger partial charge in [0.25, 0.3) is 0 Å². The van der Waals surface area contributed by atoms with E-state index in [4.69, 9.17) is 11.6 Å². The van der Waals surface area contributed by atoms with Crippen LogP contribution in [0.15, 0.2) is 47.4 Å². The van der Waals surface area contributed by atoms with Crippen LogP contribution >= 0.6 is 11.6 Å². The fourth-order valence-electron chi connectivity index (χ4n) is 4.29. The van der Waals surface area contributed by atoms with Gasteiger partial charge in [0.2, 0.25) is 5.91 Å². The van der Waals surface area contributed by atoms with E-state index in [9.17, 15) is 26.8 Å². The van der Waals surface area contributed by atoms with Crippen LogP contribution in [-0.2, 0) is 28.9 Å². The molecule has 0 atom stereocenters. The minimum absolute atomic E-state index is 0.00722. The van der Waals surface area contributed by atoms with Gasteiger partial charge in [-0.2, -0.15) is 0 Å². The first-order chi connectivity index (χ1) is 15.6. The van der Waals surface area contributed by atoms with Crippen molar-refractivity contribution in [2.24, 2.45) is 5.92 Å². The molecular weight excluding hydrogens is 476 g/mol. The molecule has 0 aliphatic heterocycles. The summed E-state index contributed by atoms with van der Waals surface area (Å²) < 4.78 is 59.3. The van der Waals surface area contributed by atoms with Gasteiger partial charge in [0.05, 0.1) is 12.0 Å². The average Bonchev–Trinajstić information content (AvgIpc) is 2.80. The number of carbonyl (C=O) groups is 2. The second-order valence-corrected chi connectivity index (χ2v) is 10.8. The molecule has 0 heterocycles. The standard InChI is InChI=1S/C23H24ClF2NO5S/c1-32-22(29)14-27-21(28)12-15-8-10-23(11-9-15,19-13-17(25)4-7-20(19)26)33(30,31)18-5-2-16(24)3-6-18/h2-7,13,15H,8-12,14H2,1H3,(H,27,28). The number of carbonyl (C=O) groups excluding carboxylic acids is 2. The van der Waals surface area contributed by atoms with Crippen molar-refractivity contribution in [2.45, 2.75) is 41.7 Å². The maximum Gasteiger partial charge on any atom is 0.325 e. The minimum atomic E-state index is -4.14. The molecule has 1 aliphatic rings. The predicted octanol–water partition coefficient (Wildman–Crippen LogP) is 4.16. The molecule has 0 radical (unpaired) electrons. The monoisotopic (exact) mass is 499 g/mol. The Morgan fingerprint density at radius 2 is 1.76 bits per heavy atom. The third-order valence-corrected chi connectivity index (χ3v) is 8.90. The van der Waals surface area contributed by atoms with Gasteiger partial charge in [0.15, 0.2) is 9.84 Å². The first-order valence-corrected chi connectivity index (χ1v) is 12.2. The second-order valence-electron chi connectivity index (χ2n) is 8.08. The lowest BCUT2D eigenvalue weighted by atomic mass is 9.76. The van der Waals surface area contributed by atoms with E-state index in [1.807, 2.05) is 0 Å². The lowest BCUT2D eigenvalue weighted by Gasteiger charge is -2.40. The Morgan fingerprint density at radius 1 is 1.12 bits per heavy atom. The van der Waals surface area contributed by atoms with E-state index in [0.717, 1.165) is 18.2 Å². The third-order valence-electron chi connectivity index (χ3n) is 6.10. The molecule has 1 saturated carbocycles. The molecule has 0 spiro atoms. The Bertz CT molecular complexity index is 1130. The molecule has 178 valence electrons. The van der Waals surface area contributed by atoms with Crippen molar-refractivity contribution in [1.82, 2.24) is 5.32 Å². The molecule has 33 heavy (non-hydrogen) atoms. The molecule has 1 N–H and O–H groups in total. The van der Waals surface area contributed by atoms with Gasteiger partial charge >= 0.3 is 5.97 Å². The smallest absolute Gasteiger partial charge is 0.325 e. The Morgan fingerprint density at radius 3 is 2.36 bits per heavy atom. The number of ether oxygens (including phenoxy) is 1. The number of rotatable bonds is 7. The molecule has 6 nitrogen and oxygen atoms in total. The van der Waals surface area contributed by atoms with Crippen molar-refractivity contribution in [3.63, 3.8) is 0 Å². The van der Waals surface area contributed by atoms with Crippen LogP contribution in [0.4, 0.5) is 8.78 Å². The van der Waals surface area contributed by atoms with Crippen LogP contribution in [0.1, 0.15) is 37.7 Å². The number of benzene rings is 2. The number of esters is 1. The summed E-state index contributed by atoms with van der Waals surface area (Å²) in [5.41, 5.74) is -0.217. The summed E-state index contributed by atoms with van der Waals surface area (Å²) in [6.45, 7) is -0.258. The largest absolute Gasteiger partial charge is 0.468 e. The summed E-state index contributed by atoms with van der Waals surface area (Å²) in [4.78, 5) is 23.3. The summed E-state index contributed by atoms with van der Waals surface area (Å²) in [6.07, 6.45) is 0.698. The van der Waals surface area contributed by atoms with Crippen molar-refractivity contribution in [1.29, 1.82) is 0 Å². The van der Waals surface area contributed by atoms with E-state index >= 15 is 0 Å².